The van der Waals surface area contributed by atoms with Gasteiger partial charge in [-0.1, -0.05) is 11.2 Å². The molecule has 0 radical (unpaired) electrons. The Morgan fingerprint density at radius 2 is 2.00 bits per heavy atom. The van der Waals surface area contributed by atoms with Crippen molar-refractivity contribution in [2.24, 2.45) is 0 Å². The van der Waals surface area contributed by atoms with Gasteiger partial charge < -0.3 is 9.84 Å². The number of carbonyl (C=O) groups is 1. The predicted molar refractivity (Wildman–Crippen MR) is 101 cm³/mol. The van der Waals surface area contributed by atoms with Crippen LogP contribution in [0, 0.1) is 20.8 Å². The number of imidazole rings is 1. The average molecular weight is 380 g/mol. The molecule has 0 aliphatic heterocycles. The average Bonchev–Trinajstić information content (AvgIpc) is 3.38. The topological polar surface area (TPSA) is 98.7 Å². The van der Waals surface area contributed by atoms with Crippen molar-refractivity contribution in [1.29, 1.82) is 0 Å². The smallest absolute Gasteiger partial charge is 0.277 e. The second kappa shape index (κ2) is 6.76. The summed E-state index contributed by atoms with van der Waals surface area (Å²) in [6, 6.07) is 5.42. The van der Waals surface area contributed by atoms with Gasteiger partial charge >= 0.3 is 0 Å². The minimum absolute atomic E-state index is 0.194. The van der Waals surface area contributed by atoms with Crippen LogP contribution in [0.15, 0.2) is 40.5 Å². The van der Waals surface area contributed by atoms with E-state index in [4.69, 9.17) is 4.52 Å². The first-order valence-corrected chi connectivity index (χ1v) is 9.08. The molecule has 9 heteroatoms. The van der Waals surface area contributed by atoms with Crippen LogP contribution >= 0.6 is 11.3 Å². The highest BCUT2D eigenvalue weighted by Crippen LogP contribution is 2.25. The molecule has 0 atom stereocenters. The summed E-state index contributed by atoms with van der Waals surface area (Å²) < 4.78 is 7.10. The fourth-order valence-corrected chi connectivity index (χ4v) is 3.36. The molecule has 0 bridgehead atoms. The SMILES string of the molecule is Cc1nc(C)n(-c2ncc(NC(=O)c3cc(-c4cccs4)on3)cn2)c1C. The van der Waals surface area contributed by atoms with Crippen LogP contribution in [0.2, 0.25) is 0 Å². The number of amides is 1. The molecule has 0 aliphatic carbocycles. The van der Waals surface area contributed by atoms with E-state index in [1.807, 2.05) is 42.9 Å². The van der Waals surface area contributed by atoms with Crippen molar-refractivity contribution >= 4 is 22.9 Å². The van der Waals surface area contributed by atoms with Gasteiger partial charge in [0.05, 0.1) is 28.7 Å². The highest BCUT2D eigenvalue weighted by Gasteiger charge is 2.16. The summed E-state index contributed by atoms with van der Waals surface area (Å²) in [7, 11) is 0. The second-order valence-electron chi connectivity index (χ2n) is 5.94. The molecule has 0 spiro atoms. The van der Waals surface area contributed by atoms with E-state index in [9.17, 15) is 4.79 Å². The van der Waals surface area contributed by atoms with E-state index < -0.39 is 0 Å². The van der Waals surface area contributed by atoms with Crippen LogP contribution in [-0.4, -0.2) is 30.6 Å². The number of nitrogens with one attached hydrogen (secondary N) is 1. The van der Waals surface area contributed by atoms with Gasteiger partial charge in [-0.15, -0.1) is 11.3 Å². The monoisotopic (exact) mass is 380 g/mol. The minimum atomic E-state index is -0.385. The number of aryl methyl sites for hydroxylation is 2. The van der Waals surface area contributed by atoms with Gasteiger partial charge in [0.15, 0.2) is 11.5 Å². The Kier molecular flexibility index (Phi) is 4.28. The Morgan fingerprint density at radius 1 is 1.22 bits per heavy atom. The molecule has 0 unspecified atom stereocenters. The van der Waals surface area contributed by atoms with Crippen molar-refractivity contribution in [3.8, 4) is 16.6 Å². The Hall–Kier alpha value is -3.33. The highest BCUT2D eigenvalue weighted by atomic mass is 32.1. The fraction of sp³-hybridized carbons (Fsp3) is 0.167. The maximum Gasteiger partial charge on any atom is 0.277 e. The summed E-state index contributed by atoms with van der Waals surface area (Å²) in [4.78, 5) is 26.4. The molecular weight excluding hydrogens is 364 g/mol. The van der Waals surface area contributed by atoms with E-state index in [0.29, 0.717) is 17.4 Å². The standard InChI is InChI=1S/C18H16N6O2S/c1-10-11(2)24(12(3)21-10)18-19-8-13(9-20-18)22-17(25)14-7-15(26-23-14)16-5-4-6-27-16/h4-9H,1-3H3,(H,22,25). The summed E-state index contributed by atoms with van der Waals surface area (Å²) in [5.74, 6) is 1.49. The number of nitrogens with zero attached hydrogens (tertiary/aromatic N) is 5. The van der Waals surface area contributed by atoms with Crippen LogP contribution < -0.4 is 5.32 Å². The van der Waals surface area contributed by atoms with Gasteiger partial charge in [-0.05, 0) is 32.2 Å². The molecule has 0 aromatic carbocycles. The normalized spacial score (nSPS) is 10.9. The summed E-state index contributed by atoms with van der Waals surface area (Å²) >= 11 is 1.52. The summed E-state index contributed by atoms with van der Waals surface area (Å²) in [6.07, 6.45) is 3.10. The lowest BCUT2D eigenvalue weighted by molar-refractivity contribution is 0.101. The number of anilines is 1. The molecule has 4 aromatic rings. The maximum absolute atomic E-state index is 12.4. The predicted octanol–water partition coefficient (Wildman–Crippen LogP) is 3.56. The molecule has 27 heavy (non-hydrogen) atoms. The lowest BCUT2D eigenvalue weighted by Gasteiger charge is -2.07. The van der Waals surface area contributed by atoms with Crippen molar-refractivity contribution in [2.75, 3.05) is 5.32 Å². The first-order chi connectivity index (χ1) is 13.0. The van der Waals surface area contributed by atoms with E-state index in [2.05, 4.69) is 25.4 Å². The Morgan fingerprint density at radius 3 is 2.63 bits per heavy atom. The molecular formula is C18H16N6O2S. The van der Waals surface area contributed by atoms with Crippen molar-refractivity contribution < 1.29 is 9.32 Å². The number of hydrogen-bond donors (Lipinski definition) is 1. The molecule has 0 fully saturated rings. The molecule has 4 rings (SSSR count). The highest BCUT2D eigenvalue weighted by molar-refractivity contribution is 7.13. The summed E-state index contributed by atoms with van der Waals surface area (Å²) in [5, 5.41) is 8.48. The summed E-state index contributed by atoms with van der Waals surface area (Å²) in [6.45, 7) is 5.80. The molecule has 4 heterocycles. The lowest BCUT2D eigenvalue weighted by Crippen LogP contribution is -2.13. The van der Waals surface area contributed by atoms with Gasteiger partial charge in [0.2, 0.25) is 5.95 Å². The quantitative estimate of drug-likeness (QED) is 0.581. The Labute approximate surface area is 158 Å². The zero-order valence-corrected chi connectivity index (χ0v) is 15.7. The molecule has 4 aromatic heterocycles. The van der Waals surface area contributed by atoms with Gasteiger partial charge in [0.25, 0.3) is 5.91 Å². The van der Waals surface area contributed by atoms with Crippen molar-refractivity contribution in [2.45, 2.75) is 20.8 Å². The van der Waals surface area contributed by atoms with Crippen LogP contribution in [0.1, 0.15) is 27.7 Å². The van der Waals surface area contributed by atoms with Crippen LogP contribution in [0.5, 0.6) is 0 Å². The van der Waals surface area contributed by atoms with E-state index in [-0.39, 0.29) is 11.6 Å². The van der Waals surface area contributed by atoms with E-state index >= 15 is 0 Å². The summed E-state index contributed by atoms with van der Waals surface area (Å²) in [5.41, 5.74) is 2.57. The Bertz CT molecular complexity index is 1100. The van der Waals surface area contributed by atoms with Gasteiger partial charge in [-0.25, -0.2) is 15.0 Å². The third-order valence-electron chi connectivity index (χ3n) is 4.12. The van der Waals surface area contributed by atoms with Crippen LogP contribution in [0.3, 0.4) is 0 Å². The lowest BCUT2D eigenvalue weighted by atomic mass is 10.3. The first-order valence-electron chi connectivity index (χ1n) is 8.20. The van der Waals surface area contributed by atoms with Crippen molar-refractivity contribution in [1.82, 2.24) is 24.7 Å². The van der Waals surface area contributed by atoms with Crippen LogP contribution in [0.25, 0.3) is 16.6 Å². The molecule has 0 saturated heterocycles. The van der Waals surface area contributed by atoms with Crippen molar-refractivity contribution in [3.63, 3.8) is 0 Å². The molecule has 0 aliphatic rings. The number of thiophene rings is 1. The minimum Gasteiger partial charge on any atom is -0.355 e. The zero-order chi connectivity index (χ0) is 19.0. The Balaban J connectivity index is 1.51. The van der Waals surface area contributed by atoms with E-state index in [0.717, 1.165) is 22.1 Å². The van der Waals surface area contributed by atoms with Crippen LogP contribution in [0.4, 0.5) is 5.69 Å². The van der Waals surface area contributed by atoms with Gasteiger partial charge in [0, 0.05) is 11.8 Å². The number of hydrogen-bond acceptors (Lipinski definition) is 7. The fourth-order valence-electron chi connectivity index (χ4n) is 2.69. The van der Waals surface area contributed by atoms with E-state index in [1.54, 1.807) is 18.5 Å². The van der Waals surface area contributed by atoms with Gasteiger partial charge in [-0.2, -0.15) is 0 Å². The molecule has 8 nitrogen and oxygen atoms in total. The van der Waals surface area contributed by atoms with Crippen molar-refractivity contribution in [3.05, 3.63) is 58.9 Å². The number of carbonyl (C=O) groups excluding carboxylic acids is 1. The largest absolute Gasteiger partial charge is 0.355 e. The van der Waals surface area contributed by atoms with Gasteiger partial charge in [-0.3, -0.25) is 9.36 Å². The first kappa shape index (κ1) is 17.1. The van der Waals surface area contributed by atoms with Gasteiger partial charge in [0.1, 0.15) is 5.82 Å². The zero-order valence-electron chi connectivity index (χ0n) is 14.9. The third kappa shape index (κ3) is 3.24. The van der Waals surface area contributed by atoms with Crippen LogP contribution in [-0.2, 0) is 0 Å². The maximum atomic E-state index is 12.4. The molecule has 136 valence electrons. The molecule has 1 N–H and O–H groups in total. The number of aromatic nitrogens is 5. The third-order valence-corrected chi connectivity index (χ3v) is 5.00. The number of rotatable bonds is 4. The molecule has 0 saturated carbocycles. The molecule has 1 amide bonds. The second-order valence-corrected chi connectivity index (χ2v) is 6.89. The van der Waals surface area contributed by atoms with E-state index in [1.165, 1.54) is 11.3 Å².